The maximum atomic E-state index is 5.63. The van der Waals surface area contributed by atoms with E-state index >= 15 is 0 Å². The minimum Gasteiger partial charge on any atom is -0.493 e. The largest absolute Gasteiger partial charge is 0.493 e. The highest BCUT2D eigenvalue weighted by atomic mass is 32.1. The van der Waals surface area contributed by atoms with E-state index in [0.29, 0.717) is 11.8 Å². The second-order valence-corrected chi connectivity index (χ2v) is 5.03. The lowest BCUT2D eigenvalue weighted by atomic mass is 10.3. The van der Waals surface area contributed by atoms with Gasteiger partial charge in [0, 0.05) is 12.1 Å². The number of hydrogen-bond acceptors (Lipinski definition) is 3. The molecular formula is C17H19NO2S. The van der Waals surface area contributed by atoms with E-state index in [1.807, 2.05) is 67.6 Å². The number of benzene rings is 2. The zero-order valence-corrected chi connectivity index (χ0v) is 12.8. The normalized spacial score (nSPS) is 11.5. The molecule has 110 valence electrons. The molecule has 0 aromatic heterocycles. The first-order valence-electron chi connectivity index (χ1n) is 6.94. The van der Waals surface area contributed by atoms with Crippen LogP contribution in [-0.2, 0) is 4.74 Å². The molecule has 0 saturated heterocycles. The summed E-state index contributed by atoms with van der Waals surface area (Å²) in [7, 11) is 0. The third-order valence-electron chi connectivity index (χ3n) is 2.86. The molecule has 3 nitrogen and oxygen atoms in total. The molecule has 4 heteroatoms. The first-order valence-corrected chi connectivity index (χ1v) is 7.35. The van der Waals surface area contributed by atoms with Crippen LogP contribution in [0.15, 0.2) is 60.7 Å². The topological polar surface area (TPSA) is 30.5 Å². The van der Waals surface area contributed by atoms with E-state index in [-0.39, 0.29) is 6.10 Å². The van der Waals surface area contributed by atoms with Crippen molar-refractivity contribution in [3.8, 4) is 5.75 Å². The molecule has 21 heavy (non-hydrogen) atoms. The van der Waals surface area contributed by atoms with Crippen molar-refractivity contribution in [1.82, 2.24) is 0 Å². The van der Waals surface area contributed by atoms with Gasteiger partial charge in [-0.05, 0) is 43.4 Å². The Morgan fingerprint density at radius 3 is 2.33 bits per heavy atom. The van der Waals surface area contributed by atoms with Crippen molar-refractivity contribution in [3.05, 3.63) is 60.7 Å². The molecule has 0 aliphatic rings. The van der Waals surface area contributed by atoms with E-state index in [1.165, 1.54) is 0 Å². The summed E-state index contributed by atoms with van der Waals surface area (Å²) < 4.78 is 11.3. The fraction of sp³-hybridized carbons (Fsp3) is 0.235. The van der Waals surface area contributed by atoms with E-state index < -0.39 is 0 Å². The van der Waals surface area contributed by atoms with Crippen LogP contribution in [-0.4, -0.2) is 17.9 Å². The number of ether oxygens (including phenoxy) is 2. The Morgan fingerprint density at radius 1 is 1.05 bits per heavy atom. The zero-order valence-electron chi connectivity index (χ0n) is 12.0. The van der Waals surface area contributed by atoms with Crippen molar-refractivity contribution in [1.29, 1.82) is 0 Å². The summed E-state index contributed by atoms with van der Waals surface area (Å²) in [5, 5.41) is 3.43. The molecule has 2 aromatic rings. The molecule has 2 rings (SSSR count). The summed E-state index contributed by atoms with van der Waals surface area (Å²) >= 11 is 5.18. The smallest absolute Gasteiger partial charge is 0.261 e. The number of para-hydroxylation sites is 2. The Kier molecular flexibility index (Phi) is 6.03. The molecule has 1 N–H and O–H groups in total. The fourth-order valence-electron chi connectivity index (χ4n) is 1.77. The van der Waals surface area contributed by atoms with Gasteiger partial charge in [-0.2, -0.15) is 0 Å². The number of rotatable bonds is 6. The molecular weight excluding hydrogens is 282 g/mol. The molecule has 0 bridgehead atoms. The second kappa shape index (κ2) is 8.27. The van der Waals surface area contributed by atoms with Gasteiger partial charge >= 0.3 is 0 Å². The van der Waals surface area contributed by atoms with E-state index in [2.05, 4.69) is 5.32 Å². The molecule has 0 aliphatic heterocycles. The van der Waals surface area contributed by atoms with Gasteiger partial charge in [-0.1, -0.05) is 36.4 Å². The van der Waals surface area contributed by atoms with Gasteiger partial charge in [-0.15, -0.1) is 0 Å². The van der Waals surface area contributed by atoms with Crippen molar-refractivity contribution in [2.45, 2.75) is 19.4 Å². The molecule has 0 aliphatic carbocycles. The zero-order chi connectivity index (χ0) is 14.9. The SMILES string of the molecule is CC(CCOc1ccccc1)OC(=S)Nc1ccccc1. The van der Waals surface area contributed by atoms with E-state index in [9.17, 15) is 0 Å². The summed E-state index contributed by atoms with van der Waals surface area (Å²) in [4.78, 5) is 0. The second-order valence-electron chi connectivity index (χ2n) is 4.66. The van der Waals surface area contributed by atoms with Gasteiger partial charge in [-0.25, -0.2) is 0 Å². The minimum atomic E-state index is -0.00238. The van der Waals surface area contributed by atoms with E-state index in [1.54, 1.807) is 0 Å². The van der Waals surface area contributed by atoms with Crippen LogP contribution in [0.2, 0.25) is 0 Å². The monoisotopic (exact) mass is 301 g/mol. The number of anilines is 1. The predicted molar refractivity (Wildman–Crippen MR) is 89.8 cm³/mol. The Hall–Kier alpha value is -2.07. The van der Waals surface area contributed by atoms with Crippen LogP contribution in [0.3, 0.4) is 0 Å². The van der Waals surface area contributed by atoms with Crippen LogP contribution in [0.1, 0.15) is 13.3 Å². The third-order valence-corrected chi connectivity index (χ3v) is 3.06. The highest BCUT2D eigenvalue weighted by Gasteiger charge is 2.07. The molecule has 0 radical (unpaired) electrons. The molecule has 1 atom stereocenters. The average Bonchev–Trinajstić information content (AvgIpc) is 2.49. The summed E-state index contributed by atoms with van der Waals surface area (Å²) in [5.74, 6) is 0.870. The van der Waals surface area contributed by atoms with Gasteiger partial charge in [0.1, 0.15) is 11.9 Å². The summed E-state index contributed by atoms with van der Waals surface area (Å²) in [6.07, 6.45) is 0.767. The molecule has 2 aromatic carbocycles. The maximum absolute atomic E-state index is 5.63. The van der Waals surface area contributed by atoms with Crippen molar-refractivity contribution in [2.75, 3.05) is 11.9 Å². The first-order chi connectivity index (χ1) is 10.2. The highest BCUT2D eigenvalue weighted by molar-refractivity contribution is 7.80. The number of thiocarbonyl (C=S) groups is 1. The van der Waals surface area contributed by atoms with Crippen molar-refractivity contribution < 1.29 is 9.47 Å². The number of hydrogen-bond donors (Lipinski definition) is 1. The van der Waals surface area contributed by atoms with Crippen LogP contribution in [0.5, 0.6) is 5.75 Å². The Balaban J connectivity index is 1.67. The van der Waals surface area contributed by atoms with Gasteiger partial charge in [0.05, 0.1) is 6.61 Å². The van der Waals surface area contributed by atoms with Crippen LogP contribution < -0.4 is 10.1 Å². The van der Waals surface area contributed by atoms with Crippen molar-refractivity contribution in [2.24, 2.45) is 0 Å². The Bertz CT molecular complexity index is 545. The number of nitrogens with one attached hydrogen (secondary N) is 1. The van der Waals surface area contributed by atoms with Gasteiger partial charge in [0.15, 0.2) is 0 Å². The molecule has 0 fully saturated rings. The predicted octanol–water partition coefficient (Wildman–Crippen LogP) is 4.26. The lowest BCUT2D eigenvalue weighted by molar-refractivity contribution is 0.170. The quantitative estimate of drug-likeness (QED) is 0.808. The van der Waals surface area contributed by atoms with Crippen molar-refractivity contribution >= 4 is 23.1 Å². The Labute approximate surface area is 130 Å². The summed E-state index contributed by atoms with van der Waals surface area (Å²) in [5.41, 5.74) is 0.926. The van der Waals surface area contributed by atoms with Crippen LogP contribution in [0.4, 0.5) is 5.69 Å². The minimum absolute atomic E-state index is 0.00238. The van der Waals surface area contributed by atoms with Crippen LogP contribution in [0.25, 0.3) is 0 Å². The van der Waals surface area contributed by atoms with Gasteiger partial charge < -0.3 is 14.8 Å². The highest BCUT2D eigenvalue weighted by Crippen LogP contribution is 2.10. The third kappa shape index (κ3) is 5.83. The van der Waals surface area contributed by atoms with Gasteiger partial charge in [0.25, 0.3) is 5.17 Å². The van der Waals surface area contributed by atoms with Gasteiger partial charge in [0.2, 0.25) is 0 Å². The molecule has 0 heterocycles. The first kappa shape index (κ1) is 15.3. The standard InChI is InChI=1S/C17H19NO2S/c1-14(12-13-19-16-10-6-3-7-11-16)20-17(21)18-15-8-4-2-5-9-15/h2-11,14H,12-13H2,1H3,(H,18,21). The van der Waals surface area contributed by atoms with E-state index in [4.69, 9.17) is 21.7 Å². The molecule has 0 amide bonds. The molecule has 1 unspecified atom stereocenters. The van der Waals surface area contributed by atoms with Crippen LogP contribution >= 0.6 is 12.2 Å². The van der Waals surface area contributed by atoms with Gasteiger partial charge in [-0.3, -0.25) is 0 Å². The van der Waals surface area contributed by atoms with Crippen molar-refractivity contribution in [3.63, 3.8) is 0 Å². The maximum Gasteiger partial charge on any atom is 0.261 e. The molecule has 0 spiro atoms. The lowest BCUT2D eigenvalue weighted by Crippen LogP contribution is -2.21. The molecule has 0 saturated carbocycles. The van der Waals surface area contributed by atoms with Crippen LogP contribution in [0, 0.1) is 0 Å². The summed E-state index contributed by atoms with van der Waals surface area (Å²) in [6.45, 7) is 2.58. The lowest BCUT2D eigenvalue weighted by Gasteiger charge is -2.16. The average molecular weight is 301 g/mol. The fourth-order valence-corrected chi connectivity index (χ4v) is 2.05. The Morgan fingerprint density at radius 2 is 1.67 bits per heavy atom. The van der Waals surface area contributed by atoms with E-state index in [0.717, 1.165) is 17.9 Å². The summed E-state index contributed by atoms with van der Waals surface area (Å²) in [6, 6.07) is 19.5.